The van der Waals surface area contributed by atoms with Gasteiger partial charge < -0.3 is 25.3 Å². The van der Waals surface area contributed by atoms with Crippen LogP contribution in [0.1, 0.15) is 53.2 Å². The molecule has 1 amide bonds. The lowest BCUT2D eigenvalue weighted by Crippen LogP contribution is -2.48. The van der Waals surface area contributed by atoms with E-state index in [4.69, 9.17) is 31.5 Å². The number of primary amides is 1. The van der Waals surface area contributed by atoms with Gasteiger partial charge in [-0.05, 0) is 43.9 Å². The highest BCUT2D eigenvalue weighted by Gasteiger charge is 2.50. The molecule has 9 nitrogen and oxygen atoms in total. The Morgan fingerprint density at radius 3 is 2.55 bits per heavy atom. The molecular weight excluding hydrogens is 594 g/mol. The summed E-state index contributed by atoms with van der Waals surface area (Å²) in [5.74, 6) is -3.44. The second-order valence-corrected chi connectivity index (χ2v) is 11.9. The van der Waals surface area contributed by atoms with E-state index in [9.17, 15) is 9.59 Å². The van der Waals surface area contributed by atoms with Crippen LogP contribution in [0.5, 0.6) is 28.9 Å². The van der Waals surface area contributed by atoms with Crippen LogP contribution in [0.15, 0.2) is 53.3 Å². The van der Waals surface area contributed by atoms with Gasteiger partial charge in [0, 0.05) is 29.2 Å². The monoisotopic (exact) mass is 618 g/mol. The molecule has 1 saturated carbocycles. The molecule has 44 heavy (non-hydrogen) atoms. The van der Waals surface area contributed by atoms with Crippen LogP contribution in [-0.2, 0) is 12.0 Å². The molecule has 1 aliphatic carbocycles. The summed E-state index contributed by atoms with van der Waals surface area (Å²) in [4.78, 5) is 25.4. The minimum Gasteiger partial charge on any atom is -0.480 e. The lowest BCUT2D eigenvalue weighted by Gasteiger charge is -2.35. The predicted octanol–water partition coefficient (Wildman–Crippen LogP) is 5.76. The van der Waals surface area contributed by atoms with Gasteiger partial charge in [0.1, 0.15) is 11.6 Å². The quantitative estimate of drug-likeness (QED) is 0.257. The van der Waals surface area contributed by atoms with E-state index in [1.807, 2.05) is 30.3 Å². The molecule has 12 heteroatoms. The Hall–Kier alpha value is -4.48. The SMILES string of the molecule is NC(=O)c1cc2c(c(F)c1-c1c(Cl)c(F)cc3c1C[C@](c1ccccc1)([C@@H]1CCCN1)O3)Oc1nn(C3CC3)c(=O)cc1O2. The second kappa shape index (κ2) is 9.76. The maximum absolute atomic E-state index is 16.8. The van der Waals surface area contributed by atoms with Crippen molar-refractivity contribution in [1.29, 1.82) is 0 Å². The molecule has 8 rings (SSSR count). The first-order valence-electron chi connectivity index (χ1n) is 14.4. The fourth-order valence-corrected chi connectivity index (χ4v) is 6.88. The number of nitrogens with zero attached hydrogens (tertiary/aromatic N) is 2. The zero-order valence-corrected chi connectivity index (χ0v) is 23.9. The molecular formula is C32H25ClF2N4O5. The van der Waals surface area contributed by atoms with Gasteiger partial charge in [-0.2, -0.15) is 0 Å². The number of nitrogens with one attached hydrogen (secondary N) is 1. The van der Waals surface area contributed by atoms with Gasteiger partial charge >= 0.3 is 0 Å². The number of rotatable bonds is 5. The summed E-state index contributed by atoms with van der Waals surface area (Å²) >= 11 is 6.62. The molecule has 0 radical (unpaired) electrons. The number of nitrogens with two attached hydrogens (primary N) is 1. The second-order valence-electron chi connectivity index (χ2n) is 11.5. The lowest BCUT2D eigenvalue weighted by atomic mass is 9.80. The summed E-state index contributed by atoms with van der Waals surface area (Å²) in [5.41, 5.74) is 5.00. The van der Waals surface area contributed by atoms with E-state index in [-0.39, 0.29) is 58.3 Å². The van der Waals surface area contributed by atoms with Gasteiger partial charge in [-0.3, -0.25) is 9.59 Å². The topological polar surface area (TPSA) is 118 Å². The Balaban J connectivity index is 1.31. The lowest BCUT2D eigenvalue weighted by molar-refractivity contribution is 0.0539. The maximum atomic E-state index is 16.8. The van der Waals surface area contributed by atoms with Gasteiger partial charge in [-0.1, -0.05) is 41.9 Å². The van der Waals surface area contributed by atoms with E-state index in [1.165, 1.54) is 22.9 Å². The molecule has 3 aromatic carbocycles. The molecule has 1 saturated heterocycles. The number of hydrogen-bond donors (Lipinski definition) is 2. The summed E-state index contributed by atoms with van der Waals surface area (Å²) in [5, 5.41) is 7.36. The molecule has 4 aliphatic rings. The molecule has 2 atom stereocenters. The predicted molar refractivity (Wildman–Crippen MR) is 156 cm³/mol. The minimum atomic E-state index is -1.04. The molecule has 4 aromatic rings. The Morgan fingerprint density at radius 2 is 1.84 bits per heavy atom. The van der Waals surface area contributed by atoms with Gasteiger partial charge in [0.05, 0.1) is 28.7 Å². The summed E-state index contributed by atoms with van der Waals surface area (Å²) in [7, 11) is 0. The standard InChI is InChI=1S/C32H25ClF2N4O5/c33-27-19(34)12-20-18(14-32(44-20,23-7-4-10-37-23)15-5-2-1-3-6-15)25(27)26-17(30(36)41)11-21-29(28(26)35)43-31-22(42-21)13-24(40)39(38-31)16-8-9-16/h1-3,5-6,11-13,16,23,37H,4,7-10,14H2,(H2,36,41)/t23-,32-/m0/s1. The fraction of sp³-hybridized carbons (Fsp3) is 0.281. The van der Waals surface area contributed by atoms with Crippen molar-refractivity contribution in [3.63, 3.8) is 0 Å². The van der Waals surface area contributed by atoms with Crippen LogP contribution in [-0.4, -0.2) is 28.3 Å². The van der Waals surface area contributed by atoms with Crippen LogP contribution >= 0.6 is 11.6 Å². The average molecular weight is 619 g/mol. The smallest absolute Gasteiger partial charge is 0.281 e. The summed E-state index contributed by atoms with van der Waals surface area (Å²) < 4.78 is 51.9. The highest BCUT2D eigenvalue weighted by atomic mass is 35.5. The van der Waals surface area contributed by atoms with Crippen molar-refractivity contribution in [3.8, 4) is 40.0 Å². The summed E-state index contributed by atoms with van der Waals surface area (Å²) in [6.45, 7) is 0.785. The van der Waals surface area contributed by atoms with E-state index >= 15 is 8.78 Å². The van der Waals surface area contributed by atoms with Gasteiger partial charge in [-0.15, -0.1) is 5.10 Å². The largest absolute Gasteiger partial charge is 0.480 e. The number of carbonyl (C=O) groups is 1. The number of fused-ring (bicyclic) bond motifs is 3. The van der Waals surface area contributed by atoms with Crippen LogP contribution in [0.3, 0.4) is 0 Å². The van der Waals surface area contributed by atoms with E-state index in [1.54, 1.807) is 0 Å². The molecule has 0 unspecified atom stereocenters. The van der Waals surface area contributed by atoms with Crippen molar-refractivity contribution in [1.82, 2.24) is 15.1 Å². The maximum Gasteiger partial charge on any atom is 0.281 e. The number of ether oxygens (including phenoxy) is 3. The zero-order chi connectivity index (χ0) is 30.3. The number of aromatic nitrogens is 2. The Kier molecular flexibility index (Phi) is 6.01. The highest BCUT2D eigenvalue weighted by molar-refractivity contribution is 6.34. The molecule has 1 aromatic heterocycles. The fourth-order valence-electron chi connectivity index (χ4n) is 6.62. The Labute approximate surface area is 254 Å². The Morgan fingerprint density at radius 1 is 1.05 bits per heavy atom. The average Bonchev–Trinajstić information content (AvgIpc) is 3.55. The highest BCUT2D eigenvalue weighted by Crippen LogP contribution is 2.55. The molecule has 2 fully saturated rings. The molecule has 3 aliphatic heterocycles. The number of amides is 1. The van der Waals surface area contributed by atoms with Crippen molar-refractivity contribution in [2.24, 2.45) is 5.73 Å². The van der Waals surface area contributed by atoms with Crippen LogP contribution in [0, 0.1) is 11.6 Å². The number of carbonyl (C=O) groups excluding carboxylic acids is 1. The third-order valence-corrected chi connectivity index (χ3v) is 9.18. The van der Waals surface area contributed by atoms with Crippen LogP contribution in [0.25, 0.3) is 11.1 Å². The van der Waals surface area contributed by atoms with Crippen LogP contribution < -0.4 is 30.8 Å². The van der Waals surface area contributed by atoms with Gasteiger partial charge in [-0.25, -0.2) is 13.5 Å². The normalized spacial score (nSPS) is 21.5. The zero-order valence-electron chi connectivity index (χ0n) is 23.2. The third kappa shape index (κ3) is 4.02. The van der Waals surface area contributed by atoms with E-state index in [0.717, 1.165) is 37.8 Å². The summed E-state index contributed by atoms with van der Waals surface area (Å²) in [6.07, 6.45) is 3.51. The van der Waals surface area contributed by atoms with Crippen LogP contribution in [0.4, 0.5) is 8.78 Å². The molecule has 3 N–H and O–H groups in total. The molecule has 0 bridgehead atoms. The van der Waals surface area contributed by atoms with Gasteiger partial charge in [0.25, 0.3) is 11.4 Å². The van der Waals surface area contributed by atoms with Crippen molar-refractivity contribution in [3.05, 3.63) is 92.2 Å². The Bertz CT molecular complexity index is 1940. The first-order valence-corrected chi connectivity index (χ1v) is 14.8. The van der Waals surface area contributed by atoms with E-state index in [2.05, 4.69) is 10.4 Å². The number of benzene rings is 3. The van der Waals surface area contributed by atoms with E-state index < -0.39 is 39.5 Å². The molecule has 224 valence electrons. The van der Waals surface area contributed by atoms with E-state index in [0.29, 0.717) is 5.56 Å². The van der Waals surface area contributed by atoms with Crippen molar-refractivity contribution >= 4 is 17.5 Å². The first kappa shape index (κ1) is 27.1. The summed E-state index contributed by atoms with van der Waals surface area (Å²) in [6, 6.07) is 13.0. The van der Waals surface area contributed by atoms with Gasteiger partial charge in [0.2, 0.25) is 11.7 Å². The number of halogens is 3. The molecule has 4 heterocycles. The third-order valence-electron chi connectivity index (χ3n) is 8.81. The minimum absolute atomic E-state index is 0.0308. The van der Waals surface area contributed by atoms with Crippen molar-refractivity contribution in [2.75, 3.05) is 6.54 Å². The first-order chi connectivity index (χ1) is 21.2. The van der Waals surface area contributed by atoms with Crippen molar-refractivity contribution < 1.29 is 27.8 Å². The molecule has 0 spiro atoms. The van der Waals surface area contributed by atoms with Gasteiger partial charge in [0.15, 0.2) is 22.9 Å². The van der Waals surface area contributed by atoms with Crippen molar-refractivity contribution in [2.45, 2.75) is 49.8 Å². The number of hydrogen-bond acceptors (Lipinski definition) is 7. The van der Waals surface area contributed by atoms with Crippen LogP contribution in [0.2, 0.25) is 5.02 Å².